The molecule has 54 valence electrons. The Bertz CT molecular complexity index is 89.1. The van der Waals surface area contributed by atoms with Gasteiger partial charge in [0, 0.05) is 19.1 Å². The molecular weight excluding hydrogens is 121 g/mol. The van der Waals surface area contributed by atoms with Crippen LogP contribution in [-0.4, -0.2) is 31.0 Å². The summed E-state index contributed by atoms with van der Waals surface area (Å²) >= 11 is 0. The predicted molar refractivity (Wildman–Crippen MR) is 33.0 cm³/mol. The Labute approximate surface area is 54.1 Å². The maximum atomic E-state index is 12.6. The standard InChI is InChI=1S/C6H12FNO/c7-6-3-8-2-1-5(6)4-9/h5-6,8-9H,1-4H2. The van der Waals surface area contributed by atoms with Crippen LogP contribution in [0.5, 0.6) is 0 Å². The van der Waals surface area contributed by atoms with Gasteiger partial charge in [0.25, 0.3) is 0 Å². The highest BCUT2D eigenvalue weighted by Gasteiger charge is 2.22. The first kappa shape index (κ1) is 6.96. The molecule has 1 rings (SSSR count). The van der Waals surface area contributed by atoms with Gasteiger partial charge in [0.1, 0.15) is 6.17 Å². The highest BCUT2D eigenvalue weighted by Crippen LogP contribution is 2.13. The van der Waals surface area contributed by atoms with Crippen LogP contribution in [0.3, 0.4) is 0 Å². The van der Waals surface area contributed by atoms with E-state index in [4.69, 9.17) is 5.11 Å². The van der Waals surface area contributed by atoms with Gasteiger partial charge in [-0.2, -0.15) is 0 Å². The number of hydrogen-bond donors (Lipinski definition) is 2. The summed E-state index contributed by atoms with van der Waals surface area (Å²) in [4.78, 5) is 0. The summed E-state index contributed by atoms with van der Waals surface area (Å²) in [6.45, 7) is 1.24. The summed E-state index contributed by atoms with van der Waals surface area (Å²) in [6, 6.07) is 0. The Morgan fingerprint density at radius 3 is 2.89 bits per heavy atom. The minimum Gasteiger partial charge on any atom is -0.396 e. The molecule has 0 spiro atoms. The summed E-state index contributed by atoms with van der Waals surface area (Å²) < 4.78 is 12.6. The summed E-state index contributed by atoms with van der Waals surface area (Å²) in [5.41, 5.74) is 0. The van der Waals surface area contributed by atoms with E-state index in [-0.39, 0.29) is 12.5 Å². The molecule has 0 aliphatic carbocycles. The fourth-order valence-electron chi connectivity index (χ4n) is 1.08. The topological polar surface area (TPSA) is 32.3 Å². The molecule has 0 saturated carbocycles. The van der Waals surface area contributed by atoms with Crippen molar-refractivity contribution in [3.05, 3.63) is 0 Å². The van der Waals surface area contributed by atoms with Gasteiger partial charge in [-0.05, 0) is 13.0 Å². The van der Waals surface area contributed by atoms with Gasteiger partial charge >= 0.3 is 0 Å². The lowest BCUT2D eigenvalue weighted by Gasteiger charge is -2.24. The van der Waals surface area contributed by atoms with Gasteiger partial charge in [0.15, 0.2) is 0 Å². The minimum atomic E-state index is -0.844. The molecule has 2 atom stereocenters. The van der Waals surface area contributed by atoms with E-state index in [2.05, 4.69) is 5.32 Å². The normalized spacial score (nSPS) is 36.7. The van der Waals surface area contributed by atoms with Crippen molar-refractivity contribution in [1.82, 2.24) is 5.32 Å². The number of aliphatic hydroxyl groups is 1. The second-order valence-electron chi connectivity index (χ2n) is 2.45. The maximum Gasteiger partial charge on any atom is 0.118 e. The third-order valence-electron chi connectivity index (χ3n) is 1.78. The Balaban J connectivity index is 2.30. The molecule has 1 aliphatic heterocycles. The first-order valence-electron chi connectivity index (χ1n) is 3.30. The second-order valence-corrected chi connectivity index (χ2v) is 2.45. The van der Waals surface area contributed by atoms with E-state index in [9.17, 15) is 4.39 Å². The molecule has 9 heavy (non-hydrogen) atoms. The molecule has 0 aromatic carbocycles. The molecule has 0 bridgehead atoms. The molecule has 1 saturated heterocycles. The predicted octanol–water partition coefficient (Wildman–Crippen LogP) is -0.0737. The van der Waals surface area contributed by atoms with Crippen LogP contribution in [-0.2, 0) is 0 Å². The van der Waals surface area contributed by atoms with Crippen molar-refractivity contribution in [2.45, 2.75) is 12.6 Å². The zero-order valence-corrected chi connectivity index (χ0v) is 5.31. The fraction of sp³-hybridized carbons (Fsp3) is 1.00. The van der Waals surface area contributed by atoms with Crippen molar-refractivity contribution >= 4 is 0 Å². The first-order valence-corrected chi connectivity index (χ1v) is 3.30. The van der Waals surface area contributed by atoms with Gasteiger partial charge in [0.2, 0.25) is 0 Å². The Kier molecular flexibility index (Phi) is 2.42. The number of rotatable bonds is 1. The number of piperidine rings is 1. The Morgan fingerprint density at radius 1 is 1.67 bits per heavy atom. The summed E-state index contributed by atoms with van der Waals surface area (Å²) in [5.74, 6) is -0.119. The second kappa shape index (κ2) is 3.13. The quantitative estimate of drug-likeness (QED) is 0.524. The SMILES string of the molecule is OCC1CCNCC1F. The van der Waals surface area contributed by atoms with Crippen LogP contribution in [0.1, 0.15) is 6.42 Å². The lowest BCUT2D eigenvalue weighted by atomic mass is 9.97. The summed E-state index contributed by atoms with van der Waals surface area (Å²) in [6.07, 6.45) is -0.0822. The monoisotopic (exact) mass is 133 g/mol. The van der Waals surface area contributed by atoms with Crippen molar-refractivity contribution in [2.24, 2.45) is 5.92 Å². The number of alkyl halides is 1. The summed E-state index contributed by atoms with van der Waals surface area (Å²) in [7, 11) is 0. The van der Waals surface area contributed by atoms with Gasteiger partial charge in [-0.25, -0.2) is 4.39 Å². The van der Waals surface area contributed by atoms with Crippen LogP contribution >= 0.6 is 0 Å². The van der Waals surface area contributed by atoms with E-state index in [0.717, 1.165) is 13.0 Å². The number of nitrogens with one attached hydrogen (secondary N) is 1. The molecule has 2 nitrogen and oxygen atoms in total. The van der Waals surface area contributed by atoms with Crippen molar-refractivity contribution in [1.29, 1.82) is 0 Å². The largest absolute Gasteiger partial charge is 0.396 e. The molecule has 0 amide bonds. The van der Waals surface area contributed by atoms with Gasteiger partial charge in [-0.15, -0.1) is 0 Å². The summed E-state index contributed by atoms with van der Waals surface area (Å²) in [5, 5.41) is 11.5. The number of halogens is 1. The number of hydrogen-bond acceptors (Lipinski definition) is 2. The Morgan fingerprint density at radius 2 is 2.44 bits per heavy atom. The molecule has 1 aliphatic rings. The lowest BCUT2D eigenvalue weighted by Crippen LogP contribution is -2.39. The molecule has 1 fully saturated rings. The third-order valence-corrected chi connectivity index (χ3v) is 1.78. The molecule has 2 N–H and O–H groups in total. The zero-order valence-electron chi connectivity index (χ0n) is 5.31. The van der Waals surface area contributed by atoms with Crippen molar-refractivity contribution in [2.75, 3.05) is 19.7 Å². The smallest absolute Gasteiger partial charge is 0.118 e. The van der Waals surface area contributed by atoms with Crippen molar-refractivity contribution < 1.29 is 9.50 Å². The molecule has 3 heteroatoms. The molecule has 0 aromatic heterocycles. The molecule has 1 heterocycles. The fourth-order valence-corrected chi connectivity index (χ4v) is 1.08. The van der Waals surface area contributed by atoms with Gasteiger partial charge in [-0.3, -0.25) is 0 Å². The van der Waals surface area contributed by atoms with E-state index in [1.807, 2.05) is 0 Å². The van der Waals surface area contributed by atoms with Crippen LogP contribution in [0.25, 0.3) is 0 Å². The molecule has 0 radical (unpaired) electrons. The van der Waals surface area contributed by atoms with Crippen molar-refractivity contribution in [3.8, 4) is 0 Å². The highest BCUT2D eigenvalue weighted by atomic mass is 19.1. The van der Waals surface area contributed by atoms with Crippen LogP contribution in [0, 0.1) is 5.92 Å². The van der Waals surface area contributed by atoms with Crippen LogP contribution < -0.4 is 5.32 Å². The highest BCUT2D eigenvalue weighted by molar-refractivity contribution is 4.76. The third kappa shape index (κ3) is 1.63. The average molecular weight is 133 g/mol. The van der Waals surface area contributed by atoms with Crippen LogP contribution in [0.15, 0.2) is 0 Å². The van der Waals surface area contributed by atoms with Crippen LogP contribution in [0.4, 0.5) is 4.39 Å². The van der Waals surface area contributed by atoms with E-state index in [0.29, 0.717) is 6.54 Å². The van der Waals surface area contributed by atoms with E-state index in [1.54, 1.807) is 0 Å². The van der Waals surface area contributed by atoms with Gasteiger partial charge in [-0.1, -0.05) is 0 Å². The zero-order chi connectivity index (χ0) is 6.69. The average Bonchev–Trinajstić information content (AvgIpc) is 1.89. The molecule has 0 aromatic rings. The van der Waals surface area contributed by atoms with E-state index in [1.165, 1.54) is 0 Å². The van der Waals surface area contributed by atoms with Crippen molar-refractivity contribution in [3.63, 3.8) is 0 Å². The van der Waals surface area contributed by atoms with E-state index >= 15 is 0 Å². The van der Waals surface area contributed by atoms with Gasteiger partial charge in [0.05, 0.1) is 0 Å². The van der Waals surface area contributed by atoms with Gasteiger partial charge < -0.3 is 10.4 Å². The minimum absolute atomic E-state index is 0.0111. The maximum absolute atomic E-state index is 12.6. The first-order chi connectivity index (χ1) is 4.34. The van der Waals surface area contributed by atoms with E-state index < -0.39 is 6.17 Å². The molecule has 2 unspecified atom stereocenters. The molecular formula is C6H12FNO. The number of aliphatic hydroxyl groups excluding tert-OH is 1. The van der Waals surface area contributed by atoms with Crippen LogP contribution in [0.2, 0.25) is 0 Å². The lowest BCUT2D eigenvalue weighted by molar-refractivity contribution is 0.111. The Hall–Kier alpha value is -0.150.